The molecule has 0 atom stereocenters. The molecule has 0 fully saturated rings. The number of aromatic nitrogens is 3. The van der Waals surface area contributed by atoms with E-state index in [1.54, 1.807) is 26.0 Å². The minimum atomic E-state index is -0.449. The Morgan fingerprint density at radius 3 is 2.50 bits per heavy atom. The second kappa shape index (κ2) is 5.83. The largest absolute Gasteiger partial charge is 0.326 e. The molecule has 1 aromatic carbocycles. The fourth-order valence-electron chi connectivity index (χ4n) is 1.44. The Kier molecular flexibility index (Phi) is 4.14. The average molecular weight is 292 g/mol. The molecule has 0 aliphatic rings. The van der Waals surface area contributed by atoms with Crippen LogP contribution in [-0.4, -0.2) is 21.2 Å². The van der Waals surface area contributed by atoms with E-state index in [4.69, 9.17) is 11.6 Å². The van der Waals surface area contributed by atoms with Gasteiger partial charge in [-0.1, -0.05) is 17.7 Å². The summed E-state index contributed by atoms with van der Waals surface area (Å²) in [6.07, 6.45) is 0. The zero-order valence-corrected chi connectivity index (χ0v) is 12.1. The summed E-state index contributed by atoms with van der Waals surface area (Å²) in [4.78, 5) is 15.9. The molecule has 0 aliphatic carbocycles. The Hall–Kier alpha value is -2.21. The van der Waals surface area contributed by atoms with E-state index in [-0.39, 0.29) is 5.95 Å². The number of nitrogens with zero attached hydrogens (tertiary/aromatic N) is 3. The number of carbonyl (C=O) groups is 1. The molecule has 0 radical (unpaired) electrons. The van der Waals surface area contributed by atoms with E-state index in [9.17, 15) is 4.79 Å². The summed E-state index contributed by atoms with van der Waals surface area (Å²) < 4.78 is 0. The number of nitrogens with one attached hydrogen (secondary N) is 2. The Labute approximate surface area is 121 Å². The number of carbonyl (C=O) groups excluding carboxylic acids is 1. The standard InChI is InChI=1S/C13H14ClN5O/c1-7-4-5-10(6-11(7)14)16-13(20)17-12-15-8(2)9(3)18-19-12/h4-6H,1-3H3,(H2,15,16,17,19,20). The summed E-state index contributed by atoms with van der Waals surface area (Å²) >= 11 is 5.99. The van der Waals surface area contributed by atoms with Gasteiger partial charge in [-0.25, -0.2) is 9.78 Å². The SMILES string of the molecule is Cc1ccc(NC(=O)Nc2nnc(C)c(C)n2)cc1Cl. The molecule has 2 aromatic rings. The van der Waals surface area contributed by atoms with Gasteiger partial charge in [0.15, 0.2) is 0 Å². The number of amides is 2. The number of benzene rings is 1. The van der Waals surface area contributed by atoms with Crippen LogP contribution in [0.15, 0.2) is 18.2 Å². The van der Waals surface area contributed by atoms with Gasteiger partial charge in [0.05, 0.1) is 11.4 Å². The first-order valence-corrected chi connectivity index (χ1v) is 6.35. The smallest absolute Gasteiger partial charge is 0.308 e. The first-order valence-electron chi connectivity index (χ1n) is 5.98. The van der Waals surface area contributed by atoms with Crippen LogP contribution in [0.4, 0.5) is 16.4 Å². The van der Waals surface area contributed by atoms with E-state index in [1.807, 2.05) is 13.0 Å². The molecule has 6 nitrogen and oxygen atoms in total. The second-order valence-electron chi connectivity index (χ2n) is 4.35. The Morgan fingerprint density at radius 1 is 1.10 bits per heavy atom. The second-order valence-corrected chi connectivity index (χ2v) is 4.76. The maximum Gasteiger partial charge on any atom is 0.326 e. The molecule has 20 heavy (non-hydrogen) atoms. The van der Waals surface area contributed by atoms with Crippen LogP contribution in [0.2, 0.25) is 5.02 Å². The monoisotopic (exact) mass is 291 g/mol. The third-order valence-corrected chi connectivity index (χ3v) is 3.15. The van der Waals surface area contributed by atoms with Crippen molar-refractivity contribution in [3.8, 4) is 0 Å². The van der Waals surface area contributed by atoms with Crippen LogP contribution in [0, 0.1) is 20.8 Å². The number of halogens is 1. The summed E-state index contributed by atoms with van der Waals surface area (Å²) in [5.41, 5.74) is 2.98. The predicted octanol–water partition coefficient (Wildman–Crippen LogP) is 3.09. The van der Waals surface area contributed by atoms with Gasteiger partial charge in [-0.15, -0.1) is 5.10 Å². The van der Waals surface area contributed by atoms with E-state index in [2.05, 4.69) is 25.8 Å². The molecule has 2 rings (SSSR count). The molecular weight excluding hydrogens is 278 g/mol. The molecule has 104 valence electrons. The van der Waals surface area contributed by atoms with Gasteiger partial charge in [0.1, 0.15) is 0 Å². The highest BCUT2D eigenvalue weighted by Crippen LogP contribution is 2.19. The Morgan fingerprint density at radius 2 is 1.85 bits per heavy atom. The van der Waals surface area contributed by atoms with Crippen molar-refractivity contribution in [3.05, 3.63) is 40.2 Å². The van der Waals surface area contributed by atoms with Crippen LogP contribution in [0.25, 0.3) is 0 Å². The number of urea groups is 1. The first-order chi connectivity index (χ1) is 9.45. The lowest BCUT2D eigenvalue weighted by Crippen LogP contribution is -2.21. The lowest BCUT2D eigenvalue weighted by atomic mass is 10.2. The molecule has 0 aliphatic heterocycles. The van der Waals surface area contributed by atoms with Crippen molar-refractivity contribution in [1.29, 1.82) is 0 Å². The van der Waals surface area contributed by atoms with Crippen molar-refractivity contribution in [2.75, 3.05) is 10.6 Å². The lowest BCUT2D eigenvalue weighted by Gasteiger charge is -2.08. The van der Waals surface area contributed by atoms with E-state index in [0.717, 1.165) is 11.3 Å². The van der Waals surface area contributed by atoms with Crippen LogP contribution < -0.4 is 10.6 Å². The van der Waals surface area contributed by atoms with Gasteiger partial charge in [-0.2, -0.15) is 5.10 Å². The van der Waals surface area contributed by atoms with Crippen LogP contribution >= 0.6 is 11.6 Å². The normalized spacial score (nSPS) is 10.2. The van der Waals surface area contributed by atoms with Crippen LogP contribution in [0.5, 0.6) is 0 Å². The molecule has 0 saturated heterocycles. The van der Waals surface area contributed by atoms with Crippen molar-refractivity contribution >= 4 is 29.3 Å². The maximum atomic E-state index is 11.8. The van der Waals surface area contributed by atoms with Crippen molar-refractivity contribution in [3.63, 3.8) is 0 Å². The predicted molar refractivity (Wildman–Crippen MR) is 78.1 cm³/mol. The van der Waals surface area contributed by atoms with E-state index >= 15 is 0 Å². The van der Waals surface area contributed by atoms with Gasteiger partial charge in [0.25, 0.3) is 5.95 Å². The van der Waals surface area contributed by atoms with Gasteiger partial charge in [0, 0.05) is 10.7 Å². The molecule has 0 unspecified atom stereocenters. The summed E-state index contributed by atoms with van der Waals surface area (Å²) in [6, 6.07) is 4.82. The Bertz CT molecular complexity index is 604. The van der Waals surface area contributed by atoms with E-state index in [1.165, 1.54) is 0 Å². The molecule has 2 amide bonds. The summed E-state index contributed by atoms with van der Waals surface area (Å²) in [7, 11) is 0. The minimum Gasteiger partial charge on any atom is -0.308 e. The van der Waals surface area contributed by atoms with Gasteiger partial charge in [-0.05, 0) is 38.5 Å². The third kappa shape index (κ3) is 3.42. The fourth-order valence-corrected chi connectivity index (χ4v) is 1.62. The lowest BCUT2D eigenvalue weighted by molar-refractivity contribution is 0.262. The Balaban J connectivity index is 2.04. The number of hydrogen-bond acceptors (Lipinski definition) is 4. The van der Waals surface area contributed by atoms with Crippen LogP contribution in [0.1, 0.15) is 17.0 Å². The van der Waals surface area contributed by atoms with Crippen LogP contribution in [-0.2, 0) is 0 Å². The highest BCUT2D eigenvalue weighted by atomic mass is 35.5. The van der Waals surface area contributed by atoms with Gasteiger partial charge >= 0.3 is 6.03 Å². The zero-order valence-electron chi connectivity index (χ0n) is 11.4. The fraction of sp³-hybridized carbons (Fsp3) is 0.231. The number of hydrogen-bond donors (Lipinski definition) is 2. The number of aryl methyl sites for hydroxylation is 3. The highest BCUT2D eigenvalue weighted by Gasteiger charge is 2.07. The molecule has 1 heterocycles. The maximum absolute atomic E-state index is 11.8. The minimum absolute atomic E-state index is 0.156. The molecule has 0 spiro atoms. The van der Waals surface area contributed by atoms with Crippen LogP contribution in [0.3, 0.4) is 0 Å². The molecular formula is C13H14ClN5O. The van der Waals surface area contributed by atoms with Crippen molar-refractivity contribution < 1.29 is 4.79 Å². The van der Waals surface area contributed by atoms with Gasteiger partial charge < -0.3 is 5.32 Å². The van der Waals surface area contributed by atoms with E-state index < -0.39 is 6.03 Å². The highest BCUT2D eigenvalue weighted by molar-refractivity contribution is 6.31. The topological polar surface area (TPSA) is 79.8 Å². The molecule has 2 N–H and O–H groups in total. The summed E-state index contributed by atoms with van der Waals surface area (Å²) in [5, 5.41) is 13.4. The van der Waals surface area contributed by atoms with Crippen molar-refractivity contribution in [1.82, 2.24) is 15.2 Å². The molecule has 7 heteroatoms. The quantitative estimate of drug-likeness (QED) is 0.891. The number of anilines is 2. The summed E-state index contributed by atoms with van der Waals surface area (Å²) in [6.45, 7) is 5.49. The van der Waals surface area contributed by atoms with Gasteiger partial charge in [-0.3, -0.25) is 5.32 Å². The molecule has 0 saturated carbocycles. The molecule has 1 aromatic heterocycles. The first kappa shape index (κ1) is 14.2. The van der Waals surface area contributed by atoms with Gasteiger partial charge in [0.2, 0.25) is 0 Å². The zero-order chi connectivity index (χ0) is 14.7. The third-order valence-electron chi connectivity index (χ3n) is 2.75. The number of rotatable bonds is 2. The summed E-state index contributed by atoms with van der Waals surface area (Å²) in [5.74, 6) is 0.156. The molecule has 0 bridgehead atoms. The average Bonchev–Trinajstić information content (AvgIpc) is 2.38. The van der Waals surface area contributed by atoms with Crippen molar-refractivity contribution in [2.45, 2.75) is 20.8 Å². The van der Waals surface area contributed by atoms with Crippen molar-refractivity contribution in [2.24, 2.45) is 0 Å². The van der Waals surface area contributed by atoms with E-state index in [0.29, 0.717) is 16.4 Å².